The van der Waals surface area contributed by atoms with E-state index in [0.717, 1.165) is 12.2 Å². The molecule has 0 N–H and O–H groups in total. The summed E-state index contributed by atoms with van der Waals surface area (Å²) in [5.41, 5.74) is 0. The minimum atomic E-state index is -0.262. The molecule has 0 saturated heterocycles. The van der Waals surface area contributed by atoms with E-state index in [1.165, 1.54) is 18.7 Å². The highest BCUT2D eigenvalue weighted by Crippen LogP contribution is 1.98. The third-order valence-corrected chi connectivity index (χ3v) is 1.38. The maximum Gasteiger partial charge on any atom is 0.302 e. The molecule has 0 aliphatic rings. The molecule has 0 heterocycles. The number of rotatable bonds is 4. The maximum atomic E-state index is 10.2. The predicted octanol–water partition coefficient (Wildman–Crippen LogP) is 1.15. The van der Waals surface area contributed by atoms with Crippen LogP contribution in [0.4, 0.5) is 0 Å². The van der Waals surface area contributed by atoms with E-state index in [2.05, 4.69) is 4.74 Å². The van der Waals surface area contributed by atoms with Gasteiger partial charge in [-0.05, 0) is 18.2 Å². The van der Waals surface area contributed by atoms with Crippen molar-refractivity contribution in [2.45, 2.75) is 13.3 Å². The number of nitriles is 1. The molecule has 0 amide bonds. The van der Waals surface area contributed by atoms with Gasteiger partial charge < -0.3 is 4.74 Å². The smallest absolute Gasteiger partial charge is 0.302 e. The molecule has 0 atom stereocenters. The van der Waals surface area contributed by atoms with Crippen molar-refractivity contribution in [2.24, 2.45) is 0 Å². The molecular weight excluding hydrogens is 150 g/mol. The molecule has 56 valence electrons. The van der Waals surface area contributed by atoms with Crippen LogP contribution in [0.3, 0.4) is 0 Å². The Morgan fingerprint density at radius 1 is 1.80 bits per heavy atom. The van der Waals surface area contributed by atoms with Crippen LogP contribution < -0.4 is 0 Å². The fourth-order valence-corrected chi connectivity index (χ4v) is 0.746. The van der Waals surface area contributed by atoms with E-state index in [-0.39, 0.29) is 5.97 Å². The van der Waals surface area contributed by atoms with Gasteiger partial charge in [0.2, 0.25) is 0 Å². The SMILES string of the molecule is CC(=O)OCCCSC#N. The van der Waals surface area contributed by atoms with Gasteiger partial charge in [-0.3, -0.25) is 4.79 Å². The number of esters is 1. The summed E-state index contributed by atoms with van der Waals surface area (Å²) in [7, 11) is 0. The third kappa shape index (κ3) is 7.31. The van der Waals surface area contributed by atoms with Crippen molar-refractivity contribution in [2.75, 3.05) is 12.4 Å². The van der Waals surface area contributed by atoms with Gasteiger partial charge in [-0.25, -0.2) is 0 Å². The first-order chi connectivity index (χ1) is 4.77. The van der Waals surface area contributed by atoms with Crippen LogP contribution in [-0.2, 0) is 9.53 Å². The van der Waals surface area contributed by atoms with Gasteiger partial charge in [0.05, 0.1) is 6.61 Å². The number of carbonyl (C=O) groups excluding carboxylic acids is 1. The van der Waals surface area contributed by atoms with E-state index >= 15 is 0 Å². The Bertz CT molecular complexity index is 141. The molecule has 0 saturated carbocycles. The number of nitrogens with zero attached hydrogens (tertiary/aromatic N) is 1. The van der Waals surface area contributed by atoms with Crippen LogP contribution in [0.2, 0.25) is 0 Å². The third-order valence-electron chi connectivity index (χ3n) is 0.761. The molecule has 0 rings (SSSR count). The normalized spacial score (nSPS) is 8.40. The second-order valence-electron chi connectivity index (χ2n) is 1.63. The summed E-state index contributed by atoms with van der Waals surface area (Å²) < 4.78 is 4.63. The first kappa shape index (κ1) is 9.31. The largest absolute Gasteiger partial charge is 0.466 e. The molecule has 0 aromatic heterocycles. The fourth-order valence-electron chi connectivity index (χ4n) is 0.393. The summed E-state index contributed by atoms with van der Waals surface area (Å²) >= 11 is 1.17. The molecule has 3 nitrogen and oxygen atoms in total. The maximum absolute atomic E-state index is 10.2. The molecule has 0 unspecified atom stereocenters. The summed E-state index contributed by atoms with van der Waals surface area (Å²) in [5, 5.41) is 10.0. The van der Waals surface area contributed by atoms with Crippen molar-refractivity contribution in [3.05, 3.63) is 0 Å². The van der Waals surface area contributed by atoms with Crippen molar-refractivity contribution in [1.29, 1.82) is 5.26 Å². The van der Waals surface area contributed by atoms with E-state index < -0.39 is 0 Å². The quantitative estimate of drug-likeness (QED) is 0.351. The molecule has 0 aliphatic carbocycles. The molecule has 0 aliphatic heterocycles. The molecule has 0 radical (unpaired) electrons. The zero-order valence-electron chi connectivity index (χ0n) is 5.79. The zero-order chi connectivity index (χ0) is 7.82. The Morgan fingerprint density at radius 2 is 2.50 bits per heavy atom. The summed E-state index contributed by atoms with van der Waals surface area (Å²) in [6.07, 6.45) is 0.748. The lowest BCUT2D eigenvalue weighted by Crippen LogP contribution is -2.00. The molecule has 10 heavy (non-hydrogen) atoms. The molecule has 4 heteroatoms. The number of thiocyanates is 1. The van der Waals surface area contributed by atoms with Gasteiger partial charge in [0.25, 0.3) is 0 Å². The van der Waals surface area contributed by atoms with Crippen LogP contribution in [0.25, 0.3) is 0 Å². The molecule has 0 spiro atoms. The van der Waals surface area contributed by atoms with Crippen molar-refractivity contribution < 1.29 is 9.53 Å². The molecule has 0 aromatic carbocycles. The molecular formula is C6H9NO2S. The first-order valence-electron chi connectivity index (χ1n) is 2.91. The van der Waals surface area contributed by atoms with Crippen molar-refractivity contribution in [3.8, 4) is 5.40 Å². The lowest BCUT2D eigenvalue weighted by molar-refractivity contribution is -0.140. The summed E-state index contributed by atoms with van der Waals surface area (Å²) in [6.45, 7) is 1.79. The minimum absolute atomic E-state index is 0.262. The van der Waals surface area contributed by atoms with Crippen molar-refractivity contribution in [1.82, 2.24) is 0 Å². The van der Waals surface area contributed by atoms with Gasteiger partial charge in [-0.2, -0.15) is 5.26 Å². The van der Waals surface area contributed by atoms with Gasteiger partial charge in [0, 0.05) is 12.7 Å². The standard InChI is InChI=1S/C6H9NO2S/c1-6(8)9-3-2-4-10-5-7/h2-4H2,1H3. The van der Waals surface area contributed by atoms with Crippen LogP contribution in [0.5, 0.6) is 0 Å². The number of thioether (sulfide) groups is 1. The van der Waals surface area contributed by atoms with Crippen LogP contribution in [0.1, 0.15) is 13.3 Å². The molecule has 0 fully saturated rings. The van der Waals surface area contributed by atoms with Gasteiger partial charge in [0.1, 0.15) is 5.40 Å². The topological polar surface area (TPSA) is 50.1 Å². The number of ether oxygens (including phenoxy) is 1. The zero-order valence-corrected chi connectivity index (χ0v) is 6.61. The van der Waals surface area contributed by atoms with Gasteiger partial charge in [-0.15, -0.1) is 0 Å². The van der Waals surface area contributed by atoms with E-state index in [4.69, 9.17) is 5.26 Å². The summed E-state index contributed by atoms with van der Waals surface area (Å²) in [4.78, 5) is 10.2. The highest BCUT2D eigenvalue weighted by Gasteiger charge is 1.91. The lowest BCUT2D eigenvalue weighted by atomic mass is 10.5. The van der Waals surface area contributed by atoms with Crippen LogP contribution in [-0.4, -0.2) is 18.3 Å². The monoisotopic (exact) mass is 159 g/mol. The Balaban J connectivity index is 2.92. The first-order valence-corrected chi connectivity index (χ1v) is 3.90. The predicted molar refractivity (Wildman–Crippen MR) is 39.3 cm³/mol. The van der Waals surface area contributed by atoms with Crippen molar-refractivity contribution in [3.63, 3.8) is 0 Å². The molecule has 0 bridgehead atoms. The van der Waals surface area contributed by atoms with E-state index in [1.807, 2.05) is 5.40 Å². The lowest BCUT2D eigenvalue weighted by Gasteiger charge is -1.97. The summed E-state index contributed by atoms with van der Waals surface area (Å²) in [5.74, 6) is 0.464. The Hall–Kier alpha value is -0.690. The Labute approximate surface area is 64.4 Å². The average Bonchev–Trinajstić information content (AvgIpc) is 1.87. The van der Waals surface area contributed by atoms with Crippen molar-refractivity contribution >= 4 is 17.7 Å². The van der Waals surface area contributed by atoms with E-state index in [9.17, 15) is 4.79 Å². The van der Waals surface area contributed by atoms with Gasteiger partial charge in [0.15, 0.2) is 0 Å². The second kappa shape index (κ2) is 6.43. The Morgan fingerprint density at radius 3 is 3.00 bits per heavy atom. The van der Waals surface area contributed by atoms with Crippen LogP contribution >= 0.6 is 11.8 Å². The number of hydrogen-bond acceptors (Lipinski definition) is 4. The van der Waals surface area contributed by atoms with E-state index in [0.29, 0.717) is 6.61 Å². The van der Waals surface area contributed by atoms with E-state index in [1.54, 1.807) is 0 Å². The number of carbonyl (C=O) groups is 1. The van der Waals surface area contributed by atoms with Crippen LogP contribution in [0.15, 0.2) is 0 Å². The van der Waals surface area contributed by atoms with Gasteiger partial charge >= 0.3 is 5.97 Å². The minimum Gasteiger partial charge on any atom is -0.466 e. The van der Waals surface area contributed by atoms with Gasteiger partial charge in [-0.1, -0.05) is 0 Å². The summed E-state index contributed by atoms with van der Waals surface area (Å²) in [6, 6.07) is 0. The number of hydrogen-bond donors (Lipinski definition) is 0. The average molecular weight is 159 g/mol. The fraction of sp³-hybridized carbons (Fsp3) is 0.667. The molecule has 0 aromatic rings. The van der Waals surface area contributed by atoms with Crippen LogP contribution in [0, 0.1) is 10.7 Å². The highest BCUT2D eigenvalue weighted by molar-refractivity contribution is 8.03. The second-order valence-corrected chi connectivity index (χ2v) is 2.51. The highest BCUT2D eigenvalue weighted by atomic mass is 32.2. The Kier molecular flexibility index (Phi) is 5.99.